The fourth-order valence-electron chi connectivity index (χ4n) is 2.37. The molecule has 0 aromatic heterocycles. The SMILES string of the molecule is O=C(NN=Cc1cc(Br)ccc1O)c1ccccc1OCc1ccc(Cl)cc1. The van der Waals surface area contributed by atoms with Gasteiger partial charge in [0.2, 0.25) is 0 Å². The lowest BCUT2D eigenvalue weighted by molar-refractivity contribution is 0.0950. The van der Waals surface area contributed by atoms with Crippen molar-refractivity contribution in [2.45, 2.75) is 6.61 Å². The highest BCUT2D eigenvalue weighted by Gasteiger charge is 2.11. The van der Waals surface area contributed by atoms with E-state index in [2.05, 4.69) is 26.5 Å². The molecule has 0 saturated heterocycles. The molecular formula is C21H16BrClN2O3. The molecule has 0 bridgehead atoms. The smallest absolute Gasteiger partial charge is 0.275 e. The maximum atomic E-state index is 12.5. The highest BCUT2D eigenvalue weighted by atomic mass is 79.9. The van der Waals surface area contributed by atoms with Crippen molar-refractivity contribution in [1.29, 1.82) is 0 Å². The number of amides is 1. The predicted molar refractivity (Wildman–Crippen MR) is 113 cm³/mol. The molecule has 2 N–H and O–H groups in total. The number of hydrogen-bond donors (Lipinski definition) is 2. The zero-order chi connectivity index (χ0) is 19.9. The minimum atomic E-state index is -0.419. The summed E-state index contributed by atoms with van der Waals surface area (Å²) >= 11 is 9.20. The number of nitrogens with zero attached hydrogens (tertiary/aromatic N) is 1. The number of halogens is 2. The molecule has 0 unspecified atom stereocenters. The molecule has 1 amide bonds. The number of aromatic hydroxyl groups is 1. The normalized spacial score (nSPS) is 10.8. The molecule has 0 radical (unpaired) electrons. The van der Waals surface area contributed by atoms with Gasteiger partial charge in [-0.15, -0.1) is 0 Å². The van der Waals surface area contributed by atoms with E-state index in [0.29, 0.717) is 28.5 Å². The molecule has 0 fully saturated rings. The Morgan fingerprint density at radius 2 is 1.89 bits per heavy atom. The summed E-state index contributed by atoms with van der Waals surface area (Å²) in [6.45, 7) is 0.302. The van der Waals surface area contributed by atoms with Gasteiger partial charge in [0, 0.05) is 15.1 Å². The topological polar surface area (TPSA) is 70.9 Å². The molecule has 5 nitrogen and oxygen atoms in total. The molecular weight excluding hydrogens is 444 g/mol. The van der Waals surface area contributed by atoms with Crippen molar-refractivity contribution in [2.75, 3.05) is 0 Å². The Balaban J connectivity index is 1.67. The standard InChI is InChI=1S/C21H16BrClN2O3/c22-16-7-10-19(26)15(11-16)12-24-25-21(27)18-3-1-2-4-20(18)28-13-14-5-8-17(23)9-6-14/h1-12,26H,13H2,(H,25,27). The van der Waals surface area contributed by atoms with E-state index in [1.807, 2.05) is 12.1 Å². The second kappa shape index (κ2) is 9.39. The van der Waals surface area contributed by atoms with Gasteiger partial charge in [-0.3, -0.25) is 4.79 Å². The molecule has 0 heterocycles. The van der Waals surface area contributed by atoms with Gasteiger partial charge in [-0.05, 0) is 48.0 Å². The fourth-order valence-corrected chi connectivity index (χ4v) is 2.88. The molecule has 7 heteroatoms. The van der Waals surface area contributed by atoms with Gasteiger partial charge in [0.1, 0.15) is 18.1 Å². The van der Waals surface area contributed by atoms with Crippen LogP contribution in [0.3, 0.4) is 0 Å². The molecule has 0 aliphatic heterocycles. The van der Waals surface area contributed by atoms with E-state index < -0.39 is 5.91 Å². The average molecular weight is 460 g/mol. The molecule has 3 aromatic rings. The van der Waals surface area contributed by atoms with Crippen LogP contribution >= 0.6 is 27.5 Å². The van der Waals surface area contributed by atoms with Gasteiger partial charge >= 0.3 is 0 Å². The van der Waals surface area contributed by atoms with Gasteiger partial charge in [-0.2, -0.15) is 5.10 Å². The first-order chi connectivity index (χ1) is 13.5. The van der Waals surface area contributed by atoms with Gasteiger partial charge in [0.25, 0.3) is 5.91 Å². The molecule has 0 spiro atoms. The van der Waals surface area contributed by atoms with Gasteiger partial charge in [-0.25, -0.2) is 5.43 Å². The largest absolute Gasteiger partial charge is 0.507 e. The minimum Gasteiger partial charge on any atom is -0.507 e. The maximum Gasteiger partial charge on any atom is 0.275 e. The summed E-state index contributed by atoms with van der Waals surface area (Å²) in [7, 11) is 0. The number of nitrogens with one attached hydrogen (secondary N) is 1. The first-order valence-corrected chi connectivity index (χ1v) is 9.48. The van der Waals surface area contributed by atoms with Gasteiger partial charge in [0.05, 0.1) is 11.8 Å². The van der Waals surface area contributed by atoms with Crippen LogP contribution in [-0.2, 0) is 6.61 Å². The zero-order valence-corrected chi connectivity index (χ0v) is 16.9. The number of carbonyl (C=O) groups excluding carboxylic acids is 1. The molecule has 0 aliphatic carbocycles. The van der Waals surface area contributed by atoms with Crippen molar-refractivity contribution < 1.29 is 14.6 Å². The van der Waals surface area contributed by atoms with E-state index in [-0.39, 0.29) is 5.75 Å². The van der Waals surface area contributed by atoms with E-state index in [0.717, 1.165) is 10.0 Å². The number of ether oxygens (including phenoxy) is 1. The van der Waals surface area contributed by atoms with Crippen LogP contribution in [0.4, 0.5) is 0 Å². The summed E-state index contributed by atoms with van der Waals surface area (Å²) in [6, 6.07) is 19.1. The van der Waals surface area contributed by atoms with Gasteiger partial charge in [0.15, 0.2) is 0 Å². The van der Waals surface area contributed by atoms with Crippen molar-refractivity contribution in [2.24, 2.45) is 5.10 Å². The lowest BCUT2D eigenvalue weighted by Gasteiger charge is -2.10. The molecule has 3 rings (SSSR count). The Bertz CT molecular complexity index is 1010. The summed E-state index contributed by atoms with van der Waals surface area (Å²) in [6.07, 6.45) is 1.37. The molecule has 3 aromatic carbocycles. The highest BCUT2D eigenvalue weighted by Crippen LogP contribution is 2.21. The Labute approximate surface area is 175 Å². The van der Waals surface area contributed by atoms with Crippen LogP contribution in [0.15, 0.2) is 76.3 Å². The lowest BCUT2D eigenvalue weighted by Crippen LogP contribution is -2.18. The molecule has 28 heavy (non-hydrogen) atoms. The Morgan fingerprint density at radius 3 is 2.68 bits per heavy atom. The van der Waals surface area contributed by atoms with Gasteiger partial charge in [-0.1, -0.05) is 51.8 Å². The number of para-hydroxylation sites is 1. The quantitative estimate of drug-likeness (QED) is 0.395. The molecule has 142 valence electrons. The van der Waals surface area contributed by atoms with E-state index in [1.165, 1.54) is 12.3 Å². The first-order valence-electron chi connectivity index (χ1n) is 8.31. The number of carbonyl (C=O) groups is 1. The second-order valence-corrected chi connectivity index (χ2v) is 7.17. The third-order valence-corrected chi connectivity index (χ3v) is 4.54. The van der Waals surface area contributed by atoms with Crippen LogP contribution in [0, 0.1) is 0 Å². The van der Waals surface area contributed by atoms with E-state index in [9.17, 15) is 9.90 Å². The van der Waals surface area contributed by atoms with Crippen LogP contribution < -0.4 is 10.2 Å². The monoisotopic (exact) mass is 458 g/mol. The van der Waals surface area contributed by atoms with Crippen molar-refractivity contribution >= 4 is 39.7 Å². The third-order valence-electron chi connectivity index (χ3n) is 3.80. The molecule has 0 saturated carbocycles. The van der Waals surface area contributed by atoms with E-state index in [1.54, 1.807) is 48.5 Å². The summed E-state index contributed by atoms with van der Waals surface area (Å²) in [4.78, 5) is 12.5. The third kappa shape index (κ3) is 5.34. The summed E-state index contributed by atoms with van der Waals surface area (Å²) in [5.74, 6) is 0.0841. The predicted octanol–water partition coefficient (Wildman–Crippen LogP) is 5.15. The first kappa shape index (κ1) is 19.9. The Hall–Kier alpha value is -2.83. The number of phenols is 1. The minimum absolute atomic E-state index is 0.0629. The molecule has 0 aliphatic rings. The van der Waals surface area contributed by atoms with Crippen LogP contribution in [-0.4, -0.2) is 17.2 Å². The van der Waals surface area contributed by atoms with Gasteiger partial charge < -0.3 is 9.84 Å². The Morgan fingerprint density at radius 1 is 1.14 bits per heavy atom. The Kier molecular flexibility index (Phi) is 6.68. The van der Waals surface area contributed by atoms with E-state index in [4.69, 9.17) is 16.3 Å². The summed E-state index contributed by atoms with van der Waals surface area (Å²) in [5, 5.41) is 14.4. The van der Waals surface area contributed by atoms with Crippen molar-refractivity contribution in [1.82, 2.24) is 5.43 Å². The fraction of sp³-hybridized carbons (Fsp3) is 0.0476. The van der Waals surface area contributed by atoms with E-state index >= 15 is 0 Å². The summed E-state index contributed by atoms with van der Waals surface area (Å²) in [5.41, 5.74) is 4.21. The number of hydrogen-bond acceptors (Lipinski definition) is 4. The number of hydrazone groups is 1. The van der Waals surface area contributed by atoms with Crippen LogP contribution in [0.5, 0.6) is 11.5 Å². The van der Waals surface area contributed by atoms with Crippen LogP contribution in [0.1, 0.15) is 21.5 Å². The average Bonchev–Trinajstić information content (AvgIpc) is 2.70. The van der Waals surface area contributed by atoms with Crippen LogP contribution in [0.25, 0.3) is 0 Å². The highest BCUT2D eigenvalue weighted by molar-refractivity contribution is 9.10. The molecule has 0 atom stereocenters. The maximum absolute atomic E-state index is 12.5. The van der Waals surface area contributed by atoms with Crippen molar-refractivity contribution in [3.63, 3.8) is 0 Å². The number of benzene rings is 3. The van der Waals surface area contributed by atoms with Crippen molar-refractivity contribution in [3.05, 3.63) is 92.9 Å². The van der Waals surface area contributed by atoms with Crippen LogP contribution in [0.2, 0.25) is 5.02 Å². The lowest BCUT2D eigenvalue weighted by atomic mass is 10.2. The number of rotatable bonds is 6. The number of phenolic OH excluding ortho intramolecular Hbond substituents is 1. The summed E-state index contributed by atoms with van der Waals surface area (Å²) < 4.78 is 6.57. The zero-order valence-electron chi connectivity index (χ0n) is 14.6. The second-order valence-electron chi connectivity index (χ2n) is 5.81. The van der Waals surface area contributed by atoms with Crippen molar-refractivity contribution in [3.8, 4) is 11.5 Å².